The first-order valence-electron chi connectivity index (χ1n) is 5.88. The number of rotatable bonds is 4. The lowest BCUT2D eigenvalue weighted by Crippen LogP contribution is -2.31. The Hall–Kier alpha value is -0.770. The maximum Gasteiger partial charge on any atom is 0.119 e. The molecule has 1 aliphatic rings. The summed E-state index contributed by atoms with van der Waals surface area (Å²) in [6, 6.07) is 7.36. The first kappa shape index (κ1) is 12.7. The molecule has 3 nitrogen and oxygen atoms in total. The van der Waals surface area contributed by atoms with Crippen LogP contribution in [0, 0.1) is 5.92 Å². The van der Waals surface area contributed by atoms with Gasteiger partial charge in [0, 0.05) is 10.9 Å². The number of hydrogen-bond donors (Lipinski definition) is 1. The third-order valence-electron chi connectivity index (χ3n) is 2.97. The number of hydrogen-bond acceptors (Lipinski definition) is 3. The second-order valence-electron chi connectivity index (χ2n) is 4.35. The van der Waals surface area contributed by atoms with Crippen molar-refractivity contribution in [3.63, 3.8) is 0 Å². The standard InChI is InChI=1S/C13H17ClO3/c14-11-2-5-12(6-3-11)16-8-10-1-4-13(7-15)17-9-10/h2-3,5-6,10,13,15H,1,4,7-9H2/t10-,13-/m1/s1. The molecule has 1 saturated heterocycles. The molecule has 2 rings (SSSR count). The lowest BCUT2D eigenvalue weighted by molar-refractivity contribution is -0.0508. The molecule has 0 bridgehead atoms. The fraction of sp³-hybridized carbons (Fsp3) is 0.538. The van der Waals surface area contributed by atoms with Crippen LogP contribution in [0.1, 0.15) is 12.8 Å². The van der Waals surface area contributed by atoms with Gasteiger partial charge in [0.1, 0.15) is 5.75 Å². The second-order valence-corrected chi connectivity index (χ2v) is 4.78. The van der Waals surface area contributed by atoms with Crippen molar-refractivity contribution in [1.29, 1.82) is 0 Å². The smallest absolute Gasteiger partial charge is 0.119 e. The Kier molecular flexibility index (Phi) is 4.66. The van der Waals surface area contributed by atoms with Crippen molar-refractivity contribution in [2.75, 3.05) is 19.8 Å². The first-order valence-corrected chi connectivity index (χ1v) is 6.26. The topological polar surface area (TPSA) is 38.7 Å². The van der Waals surface area contributed by atoms with E-state index in [4.69, 9.17) is 26.2 Å². The van der Waals surface area contributed by atoms with Crippen molar-refractivity contribution < 1.29 is 14.6 Å². The van der Waals surface area contributed by atoms with E-state index in [0.29, 0.717) is 24.2 Å². The monoisotopic (exact) mass is 256 g/mol. The van der Waals surface area contributed by atoms with E-state index in [2.05, 4.69) is 0 Å². The van der Waals surface area contributed by atoms with Crippen LogP contribution in [-0.4, -0.2) is 31.0 Å². The van der Waals surface area contributed by atoms with Crippen LogP contribution in [0.15, 0.2) is 24.3 Å². The summed E-state index contributed by atoms with van der Waals surface area (Å²) in [5.74, 6) is 1.24. The molecule has 17 heavy (non-hydrogen) atoms. The highest BCUT2D eigenvalue weighted by Crippen LogP contribution is 2.21. The van der Waals surface area contributed by atoms with Gasteiger partial charge in [-0.1, -0.05) is 11.6 Å². The summed E-state index contributed by atoms with van der Waals surface area (Å²) in [7, 11) is 0. The zero-order chi connectivity index (χ0) is 12.1. The SMILES string of the molecule is OC[C@H]1CC[C@H](COc2ccc(Cl)cc2)CO1. The lowest BCUT2D eigenvalue weighted by Gasteiger charge is -2.27. The molecule has 4 heteroatoms. The van der Waals surface area contributed by atoms with Crippen LogP contribution < -0.4 is 4.74 Å². The highest BCUT2D eigenvalue weighted by atomic mass is 35.5. The van der Waals surface area contributed by atoms with Crippen molar-refractivity contribution in [2.24, 2.45) is 5.92 Å². The van der Waals surface area contributed by atoms with Gasteiger partial charge in [0.25, 0.3) is 0 Å². The summed E-state index contributed by atoms with van der Waals surface area (Å²) in [5.41, 5.74) is 0. The molecule has 0 aromatic heterocycles. The molecule has 0 radical (unpaired) electrons. The van der Waals surface area contributed by atoms with Gasteiger partial charge in [0.2, 0.25) is 0 Å². The molecule has 1 N–H and O–H groups in total. The predicted molar refractivity (Wildman–Crippen MR) is 66.5 cm³/mol. The summed E-state index contributed by atoms with van der Waals surface area (Å²) in [6.45, 7) is 1.43. The average molecular weight is 257 g/mol. The molecule has 0 amide bonds. The predicted octanol–water partition coefficient (Wildman–Crippen LogP) is 2.51. The van der Waals surface area contributed by atoms with Gasteiger partial charge >= 0.3 is 0 Å². The van der Waals surface area contributed by atoms with Gasteiger partial charge in [-0.3, -0.25) is 0 Å². The largest absolute Gasteiger partial charge is 0.493 e. The van der Waals surface area contributed by atoms with Crippen molar-refractivity contribution >= 4 is 11.6 Å². The molecule has 0 unspecified atom stereocenters. The third-order valence-corrected chi connectivity index (χ3v) is 3.22. The molecule has 2 atom stereocenters. The van der Waals surface area contributed by atoms with Gasteiger partial charge in [0.15, 0.2) is 0 Å². The van der Waals surface area contributed by atoms with Gasteiger partial charge in [-0.05, 0) is 37.1 Å². The van der Waals surface area contributed by atoms with Crippen LogP contribution >= 0.6 is 11.6 Å². The molecular weight excluding hydrogens is 240 g/mol. The van der Waals surface area contributed by atoms with E-state index in [1.165, 1.54) is 0 Å². The Balaban J connectivity index is 1.74. The highest BCUT2D eigenvalue weighted by Gasteiger charge is 2.21. The molecule has 1 aliphatic heterocycles. The minimum absolute atomic E-state index is 0.0155. The summed E-state index contributed by atoms with van der Waals surface area (Å²) in [4.78, 5) is 0. The molecule has 0 saturated carbocycles. The quantitative estimate of drug-likeness (QED) is 0.900. The Morgan fingerprint density at radius 3 is 2.65 bits per heavy atom. The average Bonchev–Trinajstić information content (AvgIpc) is 2.39. The van der Waals surface area contributed by atoms with E-state index in [0.717, 1.165) is 18.6 Å². The third kappa shape index (κ3) is 3.87. The Morgan fingerprint density at radius 2 is 2.06 bits per heavy atom. The molecule has 94 valence electrons. The van der Waals surface area contributed by atoms with Crippen LogP contribution in [0.25, 0.3) is 0 Å². The van der Waals surface area contributed by atoms with Crippen molar-refractivity contribution in [1.82, 2.24) is 0 Å². The molecule has 1 aromatic carbocycles. The number of benzene rings is 1. The summed E-state index contributed by atoms with van der Waals surface area (Å²) in [6.07, 6.45) is 1.96. The number of halogens is 1. The summed E-state index contributed by atoms with van der Waals surface area (Å²) >= 11 is 5.79. The van der Waals surface area contributed by atoms with Gasteiger partial charge in [-0.25, -0.2) is 0 Å². The first-order chi connectivity index (χ1) is 8.28. The van der Waals surface area contributed by atoms with E-state index in [9.17, 15) is 0 Å². The molecular formula is C13H17ClO3. The van der Waals surface area contributed by atoms with Crippen LogP contribution in [0.3, 0.4) is 0 Å². The lowest BCUT2D eigenvalue weighted by atomic mass is 9.99. The van der Waals surface area contributed by atoms with E-state index in [-0.39, 0.29) is 12.7 Å². The van der Waals surface area contributed by atoms with Gasteiger partial charge < -0.3 is 14.6 Å². The number of ether oxygens (including phenoxy) is 2. The highest BCUT2D eigenvalue weighted by molar-refractivity contribution is 6.30. The maximum atomic E-state index is 8.94. The minimum atomic E-state index is 0.0155. The molecule has 1 aromatic rings. The van der Waals surface area contributed by atoms with Crippen molar-refractivity contribution in [2.45, 2.75) is 18.9 Å². The Labute approximate surface area is 106 Å². The number of aliphatic hydroxyl groups excluding tert-OH is 1. The van der Waals surface area contributed by atoms with Crippen LogP contribution in [0.2, 0.25) is 5.02 Å². The fourth-order valence-corrected chi connectivity index (χ4v) is 2.01. The fourth-order valence-electron chi connectivity index (χ4n) is 1.88. The molecule has 1 heterocycles. The van der Waals surface area contributed by atoms with E-state index in [1.54, 1.807) is 0 Å². The summed E-state index contributed by atoms with van der Waals surface area (Å²) in [5, 5.41) is 9.65. The van der Waals surface area contributed by atoms with E-state index in [1.807, 2.05) is 24.3 Å². The van der Waals surface area contributed by atoms with Crippen molar-refractivity contribution in [3.8, 4) is 5.75 Å². The van der Waals surface area contributed by atoms with Gasteiger partial charge in [-0.15, -0.1) is 0 Å². The van der Waals surface area contributed by atoms with Crippen molar-refractivity contribution in [3.05, 3.63) is 29.3 Å². The zero-order valence-electron chi connectivity index (χ0n) is 9.64. The van der Waals surface area contributed by atoms with Crippen LogP contribution in [0.4, 0.5) is 0 Å². The van der Waals surface area contributed by atoms with Gasteiger partial charge in [-0.2, -0.15) is 0 Å². The molecule has 0 aliphatic carbocycles. The second kappa shape index (κ2) is 6.24. The minimum Gasteiger partial charge on any atom is -0.493 e. The Bertz CT molecular complexity index is 331. The van der Waals surface area contributed by atoms with Gasteiger partial charge in [0.05, 0.1) is 25.9 Å². The Morgan fingerprint density at radius 1 is 1.29 bits per heavy atom. The normalized spacial score (nSPS) is 24.6. The van der Waals surface area contributed by atoms with E-state index >= 15 is 0 Å². The van der Waals surface area contributed by atoms with Crippen LogP contribution in [-0.2, 0) is 4.74 Å². The maximum absolute atomic E-state index is 8.94. The van der Waals surface area contributed by atoms with Crippen LogP contribution in [0.5, 0.6) is 5.75 Å². The zero-order valence-corrected chi connectivity index (χ0v) is 10.4. The summed E-state index contributed by atoms with van der Waals surface area (Å²) < 4.78 is 11.2. The number of aliphatic hydroxyl groups is 1. The molecule has 0 spiro atoms. The van der Waals surface area contributed by atoms with E-state index < -0.39 is 0 Å². The molecule has 1 fully saturated rings.